The Balaban J connectivity index is 1.88. The summed E-state index contributed by atoms with van der Waals surface area (Å²) in [5.41, 5.74) is 1.55. The summed E-state index contributed by atoms with van der Waals surface area (Å²) in [6.45, 7) is 5.35. The Morgan fingerprint density at radius 3 is 3.06 bits per heavy atom. The summed E-state index contributed by atoms with van der Waals surface area (Å²) < 4.78 is 7.15. The van der Waals surface area contributed by atoms with Crippen molar-refractivity contribution in [2.45, 2.75) is 26.4 Å². The van der Waals surface area contributed by atoms with Gasteiger partial charge in [0.1, 0.15) is 5.76 Å². The van der Waals surface area contributed by atoms with Crippen molar-refractivity contribution in [3.63, 3.8) is 0 Å². The van der Waals surface area contributed by atoms with Crippen molar-refractivity contribution < 1.29 is 9.32 Å². The molecule has 0 aromatic carbocycles. The summed E-state index contributed by atoms with van der Waals surface area (Å²) in [5.74, 6) is 0.596. The number of rotatable bonds is 1. The van der Waals surface area contributed by atoms with Gasteiger partial charge in [-0.1, -0.05) is 5.16 Å². The summed E-state index contributed by atoms with van der Waals surface area (Å²) in [6, 6.07) is 5.82. The van der Waals surface area contributed by atoms with Gasteiger partial charge in [-0.2, -0.15) is 0 Å². The van der Waals surface area contributed by atoms with Crippen molar-refractivity contribution in [3.05, 3.63) is 41.5 Å². The first-order chi connectivity index (χ1) is 8.66. The second kappa shape index (κ2) is 4.01. The predicted molar refractivity (Wildman–Crippen MR) is 65.1 cm³/mol. The molecule has 5 heteroatoms. The lowest BCUT2D eigenvalue weighted by Crippen LogP contribution is -2.40. The second-order valence-corrected chi connectivity index (χ2v) is 4.62. The van der Waals surface area contributed by atoms with Gasteiger partial charge < -0.3 is 14.0 Å². The Kier molecular flexibility index (Phi) is 2.47. The molecule has 18 heavy (non-hydrogen) atoms. The molecule has 0 bridgehead atoms. The van der Waals surface area contributed by atoms with Crippen LogP contribution in [-0.2, 0) is 6.54 Å². The van der Waals surface area contributed by atoms with Crippen LogP contribution in [-0.4, -0.2) is 27.1 Å². The highest BCUT2D eigenvalue weighted by molar-refractivity contribution is 5.92. The first kappa shape index (κ1) is 11.1. The predicted octanol–water partition coefficient (Wildman–Crippen LogP) is 2.00. The lowest BCUT2D eigenvalue weighted by molar-refractivity contribution is 0.0633. The van der Waals surface area contributed by atoms with Gasteiger partial charge in [-0.15, -0.1) is 0 Å². The van der Waals surface area contributed by atoms with Crippen LogP contribution >= 0.6 is 0 Å². The molecular formula is C13H15N3O2. The topological polar surface area (TPSA) is 51.3 Å². The number of aromatic nitrogens is 2. The van der Waals surface area contributed by atoms with Crippen LogP contribution in [0.2, 0.25) is 0 Å². The molecule has 0 fully saturated rings. The molecule has 3 heterocycles. The molecule has 1 amide bonds. The highest BCUT2D eigenvalue weighted by Gasteiger charge is 2.29. The van der Waals surface area contributed by atoms with Gasteiger partial charge in [0.25, 0.3) is 5.91 Å². The smallest absolute Gasteiger partial charge is 0.276 e. The van der Waals surface area contributed by atoms with Crippen LogP contribution in [0, 0.1) is 6.92 Å². The molecule has 94 valence electrons. The Hall–Kier alpha value is -2.04. The van der Waals surface area contributed by atoms with Crippen molar-refractivity contribution in [2.75, 3.05) is 6.54 Å². The molecule has 0 radical (unpaired) electrons. The fourth-order valence-electron chi connectivity index (χ4n) is 2.47. The number of nitrogens with zero attached hydrogens (tertiary/aromatic N) is 3. The third kappa shape index (κ3) is 1.63. The third-order valence-electron chi connectivity index (χ3n) is 3.45. The van der Waals surface area contributed by atoms with Crippen molar-refractivity contribution >= 4 is 5.91 Å². The first-order valence-electron chi connectivity index (χ1n) is 6.06. The molecule has 1 aliphatic heterocycles. The van der Waals surface area contributed by atoms with E-state index in [9.17, 15) is 4.79 Å². The molecule has 2 aromatic rings. The molecular weight excluding hydrogens is 230 g/mol. The van der Waals surface area contributed by atoms with Crippen LogP contribution in [0.25, 0.3) is 0 Å². The molecule has 3 rings (SSSR count). The fraction of sp³-hybridized carbons (Fsp3) is 0.385. The van der Waals surface area contributed by atoms with Crippen molar-refractivity contribution in [1.82, 2.24) is 14.6 Å². The van der Waals surface area contributed by atoms with E-state index in [1.54, 1.807) is 13.0 Å². The second-order valence-electron chi connectivity index (χ2n) is 4.62. The number of fused-ring (bicyclic) bond motifs is 1. The number of hydrogen-bond acceptors (Lipinski definition) is 3. The maximum Gasteiger partial charge on any atom is 0.276 e. The normalized spacial score (nSPS) is 18.8. The Bertz CT molecular complexity index is 585. The third-order valence-corrected chi connectivity index (χ3v) is 3.45. The summed E-state index contributed by atoms with van der Waals surface area (Å²) in [6.07, 6.45) is 2.05. The minimum atomic E-state index is -0.0631. The average Bonchev–Trinajstić information content (AvgIpc) is 2.97. The molecule has 1 atom stereocenters. The van der Waals surface area contributed by atoms with E-state index in [0.717, 1.165) is 12.2 Å². The van der Waals surface area contributed by atoms with Crippen LogP contribution in [0.4, 0.5) is 0 Å². The molecule has 0 spiro atoms. The van der Waals surface area contributed by atoms with Crippen molar-refractivity contribution in [2.24, 2.45) is 0 Å². The highest BCUT2D eigenvalue weighted by Crippen LogP contribution is 2.26. The lowest BCUT2D eigenvalue weighted by Gasteiger charge is -2.34. The van der Waals surface area contributed by atoms with Crippen LogP contribution in [0.5, 0.6) is 0 Å². The summed E-state index contributed by atoms with van der Waals surface area (Å²) in [7, 11) is 0. The van der Waals surface area contributed by atoms with Gasteiger partial charge in [0, 0.05) is 31.0 Å². The number of carbonyl (C=O) groups is 1. The molecule has 0 N–H and O–H groups in total. The van der Waals surface area contributed by atoms with E-state index >= 15 is 0 Å². The minimum absolute atomic E-state index is 0.0631. The van der Waals surface area contributed by atoms with Crippen LogP contribution in [0.1, 0.15) is 34.9 Å². The maximum atomic E-state index is 12.3. The van der Waals surface area contributed by atoms with Gasteiger partial charge in [0.2, 0.25) is 0 Å². The first-order valence-corrected chi connectivity index (χ1v) is 6.06. The van der Waals surface area contributed by atoms with E-state index in [1.807, 2.05) is 24.1 Å². The molecule has 0 saturated heterocycles. The van der Waals surface area contributed by atoms with Crippen LogP contribution in [0.3, 0.4) is 0 Å². The van der Waals surface area contributed by atoms with Crippen LogP contribution in [0.15, 0.2) is 28.9 Å². The monoisotopic (exact) mass is 245 g/mol. The number of aryl methyl sites for hydroxylation is 1. The Morgan fingerprint density at radius 1 is 1.50 bits per heavy atom. The Labute approximate surface area is 105 Å². The van der Waals surface area contributed by atoms with Gasteiger partial charge in [0.15, 0.2) is 5.69 Å². The molecule has 1 aliphatic rings. The zero-order chi connectivity index (χ0) is 12.7. The number of hydrogen-bond donors (Lipinski definition) is 0. The van der Waals surface area contributed by atoms with Crippen molar-refractivity contribution in [3.8, 4) is 0 Å². The minimum Gasteiger partial charge on any atom is -0.361 e. The van der Waals surface area contributed by atoms with Gasteiger partial charge in [-0.05, 0) is 26.0 Å². The van der Waals surface area contributed by atoms with E-state index in [-0.39, 0.29) is 11.9 Å². The molecule has 0 saturated carbocycles. The zero-order valence-electron chi connectivity index (χ0n) is 10.5. The number of amides is 1. The standard InChI is InChI=1S/C13H15N3O2/c1-9-8-11(14-18-9)13(17)16-7-6-15-5-3-4-12(15)10(16)2/h3-5,8,10H,6-7H2,1-2H3. The number of carbonyl (C=O) groups excluding carboxylic acids is 1. The summed E-state index contributed by atoms with van der Waals surface area (Å²) in [5, 5.41) is 3.80. The highest BCUT2D eigenvalue weighted by atomic mass is 16.5. The Morgan fingerprint density at radius 2 is 2.33 bits per heavy atom. The van der Waals surface area contributed by atoms with E-state index in [2.05, 4.69) is 15.8 Å². The van der Waals surface area contributed by atoms with E-state index in [4.69, 9.17) is 4.52 Å². The summed E-state index contributed by atoms with van der Waals surface area (Å²) >= 11 is 0. The van der Waals surface area contributed by atoms with E-state index in [0.29, 0.717) is 18.0 Å². The largest absolute Gasteiger partial charge is 0.361 e. The molecule has 1 unspecified atom stereocenters. The average molecular weight is 245 g/mol. The van der Waals surface area contributed by atoms with Gasteiger partial charge in [-0.25, -0.2) is 0 Å². The van der Waals surface area contributed by atoms with Gasteiger partial charge >= 0.3 is 0 Å². The molecule has 2 aromatic heterocycles. The summed E-state index contributed by atoms with van der Waals surface area (Å²) in [4.78, 5) is 14.2. The molecule has 0 aliphatic carbocycles. The van der Waals surface area contributed by atoms with E-state index < -0.39 is 0 Å². The van der Waals surface area contributed by atoms with Gasteiger partial charge in [-0.3, -0.25) is 4.79 Å². The SMILES string of the molecule is Cc1cc(C(=O)N2CCn3cccc3C2C)no1. The fourth-order valence-corrected chi connectivity index (χ4v) is 2.47. The maximum absolute atomic E-state index is 12.3. The van der Waals surface area contributed by atoms with E-state index in [1.165, 1.54) is 0 Å². The zero-order valence-corrected chi connectivity index (χ0v) is 10.5. The van der Waals surface area contributed by atoms with Gasteiger partial charge in [0.05, 0.1) is 6.04 Å². The quantitative estimate of drug-likeness (QED) is 0.772. The van der Waals surface area contributed by atoms with Crippen molar-refractivity contribution in [1.29, 1.82) is 0 Å². The lowest BCUT2D eigenvalue weighted by atomic mass is 10.1. The van der Waals surface area contributed by atoms with Crippen LogP contribution < -0.4 is 0 Å². The molecule has 5 nitrogen and oxygen atoms in total.